The van der Waals surface area contributed by atoms with E-state index in [0.29, 0.717) is 17.0 Å². The molecule has 2 aromatic heterocycles. The number of nitrogens with zero attached hydrogens (tertiary/aromatic N) is 2. The Morgan fingerprint density at radius 3 is 2.67 bits per heavy atom. The molecule has 0 atom stereocenters. The molecule has 18 heavy (non-hydrogen) atoms. The molecule has 2 aromatic rings. The first-order valence-electron chi connectivity index (χ1n) is 5.22. The van der Waals surface area contributed by atoms with Gasteiger partial charge in [0.05, 0.1) is 17.6 Å². The van der Waals surface area contributed by atoms with Crippen LogP contribution in [0.3, 0.4) is 0 Å². The minimum Gasteiger partial charge on any atom is -0.326 e. The Balaban J connectivity index is 2.40. The highest BCUT2D eigenvalue weighted by atomic mass is 32.2. The fourth-order valence-electron chi connectivity index (χ4n) is 1.68. The van der Waals surface area contributed by atoms with Crippen molar-refractivity contribution in [3.8, 4) is 0 Å². The molecule has 2 heterocycles. The van der Waals surface area contributed by atoms with Crippen LogP contribution in [0.2, 0.25) is 0 Å². The lowest BCUT2D eigenvalue weighted by molar-refractivity contribution is 0.600. The van der Waals surface area contributed by atoms with Crippen molar-refractivity contribution < 1.29 is 8.42 Å². The number of anilines is 1. The smallest absolute Gasteiger partial charge is 0.266 e. The summed E-state index contributed by atoms with van der Waals surface area (Å²) in [7, 11) is -3.70. The largest absolute Gasteiger partial charge is 0.326 e. The molecular formula is C9H14N6O2S. The summed E-state index contributed by atoms with van der Waals surface area (Å²) in [5.74, 6) is 0.275. The van der Waals surface area contributed by atoms with Gasteiger partial charge >= 0.3 is 0 Å². The van der Waals surface area contributed by atoms with E-state index in [9.17, 15) is 8.42 Å². The first-order valence-corrected chi connectivity index (χ1v) is 6.70. The molecule has 2 rings (SSSR count). The van der Waals surface area contributed by atoms with Gasteiger partial charge in [0.15, 0.2) is 0 Å². The quantitative estimate of drug-likeness (QED) is 0.621. The summed E-state index contributed by atoms with van der Waals surface area (Å²) in [6.45, 7) is 3.46. The number of H-pyrrole nitrogens is 2. The summed E-state index contributed by atoms with van der Waals surface area (Å²) in [5, 5.41) is 12.8. The highest BCUT2D eigenvalue weighted by Crippen LogP contribution is 2.21. The van der Waals surface area contributed by atoms with E-state index in [2.05, 4.69) is 25.1 Å². The van der Waals surface area contributed by atoms with Gasteiger partial charge in [-0.2, -0.15) is 10.2 Å². The minimum absolute atomic E-state index is 0.139. The second-order valence-electron chi connectivity index (χ2n) is 3.84. The van der Waals surface area contributed by atoms with Crippen LogP contribution >= 0.6 is 0 Å². The molecule has 0 amide bonds. The fraction of sp³-hybridized carbons (Fsp3) is 0.333. The zero-order chi connectivity index (χ0) is 13.3. The van der Waals surface area contributed by atoms with Gasteiger partial charge in [-0.15, -0.1) is 0 Å². The molecule has 0 aliphatic carbocycles. The summed E-state index contributed by atoms with van der Waals surface area (Å²) in [5.41, 5.74) is 6.97. The Bertz CT molecular complexity index is 637. The molecule has 0 bridgehead atoms. The number of nitrogens with one attached hydrogen (secondary N) is 3. The molecule has 0 saturated heterocycles. The zero-order valence-electron chi connectivity index (χ0n) is 9.98. The van der Waals surface area contributed by atoms with Gasteiger partial charge in [0, 0.05) is 12.1 Å². The van der Waals surface area contributed by atoms with Gasteiger partial charge in [-0.1, -0.05) is 0 Å². The molecule has 0 spiro atoms. The van der Waals surface area contributed by atoms with E-state index in [4.69, 9.17) is 5.73 Å². The molecule has 0 aliphatic heterocycles. The molecule has 0 aromatic carbocycles. The Morgan fingerprint density at radius 2 is 2.11 bits per heavy atom. The van der Waals surface area contributed by atoms with Crippen molar-refractivity contribution in [2.24, 2.45) is 5.73 Å². The molecule has 0 radical (unpaired) electrons. The summed E-state index contributed by atoms with van der Waals surface area (Å²) in [6.07, 6.45) is 1.48. The lowest BCUT2D eigenvalue weighted by atomic mass is 10.3. The number of hydrogen-bond acceptors (Lipinski definition) is 5. The molecule has 0 fully saturated rings. The van der Waals surface area contributed by atoms with E-state index in [0.717, 1.165) is 0 Å². The van der Waals surface area contributed by atoms with Crippen LogP contribution in [-0.2, 0) is 16.6 Å². The van der Waals surface area contributed by atoms with E-state index in [1.807, 2.05) is 0 Å². The monoisotopic (exact) mass is 270 g/mol. The van der Waals surface area contributed by atoms with Crippen molar-refractivity contribution in [2.45, 2.75) is 25.3 Å². The number of aromatic nitrogens is 4. The van der Waals surface area contributed by atoms with Gasteiger partial charge in [-0.05, 0) is 13.8 Å². The van der Waals surface area contributed by atoms with Crippen molar-refractivity contribution in [1.29, 1.82) is 0 Å². The van der Waals surface area contributed by atoms with Crippen LogP contribution < -0.4 is 10.5 Å². The highest BCUT2D eigenvalue weighted by molar-refractivity contribution is 7.92. The maximum atomic E-state index is 12.2. The van der Waals surface area contributed by atoms with Crippen LogP contribution in [0.5, 0.6) is 0 Å². The Morgan fingerprint density at radius 1 is 1.39 bits per heavy atom. The minimum atomic E-state index is -3.70. The van der Waals surface area contributed by atoms with Gasteiger partial charge in [0.2, 0.25) is 0 Å². The standard InChI is InChI=1S/C9H14N6O2S/c1-5-8(6(2)13-12-5)18(16,17)15-9-7(3-10)4-11-14-9/h4H,3,10H2,1-2H3,(H,12,13)(H2,11,14,15). The molecule has 0 saturated carbocycles. The topological polar surface area (TPSA) is 130 Å². The molecule has 98 valence electrons. The first kappa shape index (κ1) is 12.6. The predicted molar refractivity (Wildman–Crippen MR) is 65.3 cm³/mol. The van der Waals surface area contributed by atoms with Crippen LogP contribution in [0, 0.1) is 13.8 Å². The number of rotatable bonds is 4. The van der Waals surface area contributed by atoms with Crippen molar-refractivity contribution in [2.75, 3.05) is 4.72 Å². The van der Waals surface area contributed by atoms with Crippen molar-refractivity contribution in [1.82, 2.24) is 20.4 Å². The maximum absolute atomic E-state index is 12.2. The van der Waals surface area contributed by atoms with E-state index in [1.54, 1.807) is 13.8 Å². The highest BCUT2D eigenvalue weighted by Gasteiger charge is 2.23. The molecule has 5 N–H and O–H groups in total. The van der Waals surface area contributed by atoms with Crippen LogP contribution in [-0.4, -0.2) is 28.8 Å². The number of aromatic amines is 2. The number of aryl methyl sites for hydroxylation is 2. The second kappa shape index (κ2) is 4.42. The third-order valence-electron chi connectivity index (χ3n) is 2.50. The van der Waals surface area contributed by atoms with Gasteiger partial charge < -0.3 is 5.73 Å². The molecule has 0 unspecified atom stereocenters. The van der Waals surface area contributed by atoms with Crippen molar-refractivity contribution >= 4 is 15.8 Å². The predicted octanol–water partition coefficient (Wildman–Crippen LogP) is 0.00914. The molecule has 9 heteroatoms. The molecule has 0 aliphatic rings. The SMILES string of the molecule is Cc1n[nH]c(C)c1S(=O)(=O)Nc1[nH]ncc1CN. The van der Waals surface area contributed by atoms with E-state index < -0.39 is 10.0 Å². The van der Waals surface area contributed by atoms with Crippen LogP contribution in [0.1, 0.15) is 17.0 Å². The first-order chi connectivity index (χ1) is 8.45. The third-order valence-corrected chi connectivity index (χ3v) is 4.12. The van der Waals surface area contributed by atoms with Gasteiger partial charge in [0.25, 0.3) is 10.0 Å². The Kier molecular flexibility index (Phi) is 3.09. The normalized spacial score (nSPS) is 11.7. The van der Waals surface area contributed by atoms with Crippen LogP contribution in [0.4, 0.5) is 5.82 Å². The van der Waals surface area contributed by atoms with Crippen molar-refractivity contribution in [3.05, 3.63) is 23.1 Å². The van der Waals surface area contributed by atoms with Crippen LogP contribution in [0.15, 0.2) is 11.1 Å². The fourth-order valence-corrected chi connectivity index (χ4v) is 3.11. The van der Waals surface area contributed by atoms with Gasteiger partial charge in [-0.25, -0.2) is 8.42 Å². The number of hydrogen-bond donors (Lipinski definition) is 4. The number of sulfonamides is 1. The summed E-state index contributed by atoms with van der Waals surface area (Å²) >= 11 is 0. The van der Waals surface area contributed by atoms with Crippen molar-refractivity contribution in [3.63, 3.8) is 0 Å². The summed E-state index contributed by atoms with van der Waals surface area (Å²) in [6, 6.07) is 0. The molecule has 8 nitrogen and oxygen atoms in total. The lowest BCUT2D eigenvalue weighted by Crippen LogP contribution is -2.16. The van der Waals surface area contributed by atoms with Gasteiger partial charge in [0.1, 0.15) is 10.7 Å². The second-order valence-corrected chi connectivity index (χ2v) is 5.46. The Hall–Kier alpha value is -1.87. The average Bonchev–Trinajstić information content (AvgIpc) is 2.85. The average molecular weight is 270 g/mol. The van der Waals surface area contributed by atoms with Crippen LogP contribution in [0.25, 0.3) is 0 Å². The third kappa shape index (κ3) is 2.09. The zero-order valence-corrected chi connectivity index (χ0v) is 10.8. The summed E-state index contributed by atoms with van der Waals surface area (Å²) < 4.78 is 26.8. The van der Waals surface area contributed by atoms with E-state index >= 15 is 0 Å². The van der Waals surface area contributed by atoms with E-state index in [-0.39, 0.29) is 17.3 Å². The summed E-state index contributed by atoms with van der Waals surface area (Å²) in [4.78, 5) is 0.139. The lowest BCUT2D eigenvalue weighted by Gasteiger charge is -2.07. The number of nitrogens with two attached hydrogens (primary N) is 1. The van der Waals surface area contributed by atoms with Gasteiger partial charge in [-0.3, -0.25) is 14.9 Å². The Labute approximate surface area is 104 Å². The maximum Gasteiger partial charge on any atom is 0.266 e. The van der Waals surface area contributed by atoms with E-state index in [1.165, 1.54) is 6.20 Å². The molecular weight excluding hydrogens is 256 g/mol.